The lowest BCUT2D eigenvalue weighted by molar-refractivity contribution is 0.378. The molecular weight excluding hydrogens is 568 g/mol. The highest BCUT2D eigenvalue weighted by atomic mass is 32.3. The Hall–Kier alpha value is -1.63. The molecule has 1 aromatic carbocycles. The molecule has 0 radical (unpaired) electrons. The molecule has 11 N–H and O–H groups in total. The Balaban J connectivity index is -0.0000000919. The summed E-state index contributed by atoms with van der Waals surface area (Å²) in [6.45, 7) is 0. The Labute approximate surface area is 180 Å². The van der Waals surface area contributed by atoms with Crippen LogP contribution < -0.4 is 0 Å². The summed E-state index contributed by atoms with van der Waals surface area (Å²) in [5.74, 6) is 0.322. The van der Waals surface area contributed by atoms with Crippen molar-refractivity contribution in [3.05, 3.63) is 30.3 Å². The Morgan fingerprint density at radius 2 is 0.500 bits per heavy atom. The number of benzene rings is 1. The van der Waals surface area contributed by atoms with E-state index in [1.165, 1.54) is 0 Å². The van der Waals surface area contributed by atoms with Crippen LogP contribution in [0.4, 0.5) is 0 Å². The Morgan fingerprint density at radius 1 is 0.375 bits per heavy atom. The molecule has 0 aliphatic heterocycles. The van der Waals surface area contributed by atoms with Crippen LogP contribution in [0, 0.1) is 0 Å². The zero-order valence-electron chi connectivity index (χ0n) is 14.4. The number of phenols is 1. The van der Waals surface area contributed by atoms with E-state index < -0.39 is 52.0 Å². The third kappa shape index (κ3) is 524. The molecule has 0 aliphatic rings. The normalized spacial score (nSPS) is 10.9. The lowest BCUT2D eigenvalue weighted by Crippen LogP contribution is -1.89. The van der Waals surface area contributed by atoms with Crippen LogP contribution >= 0.6 is 0 Å². The van der Waals surface area contributed by atoms with Crippen LogP contribution in [0.25, 0.3) is 0 Å². The van der Waals surface area contributed by atoms with Crippen molar-refractivity contribution in [2.75, 3.05) is 0 Å². The smallest absolute Gasteiger partial charge is 0.394 e. The SMILES string of the molecule is O=S(=O)(O)O.O=S(=O)(O)O.O=S(=O)(O)O.O=S(=O)(O)O.O=S(=O)(O)O.Oc1ccccc1. The van der Waals surface area contributed by atoms with E-state index in [1.807, 2.05) is 6.07 Å². The van der Waals surface area contributed by atoms with Gasteiger partial charge in [0.05, 0.1) is 0 Å². The largest absolute Gasteiger partial charge is 0.508 e. The zero-order valence-corrected chi connectivity index (χ0v) is 18.5. The standard InChI is InChI=1S/C6H6O.5H2O4S/c7-6-4-2-1-3-5-6;5*1-5(2,3)4/h1-5,7H;5*(H2,1,2,3,4). The van der Waals surface area contributed by atoms with Crippen molar-refractivity contribution in [2.45, 2.75) is 0 Å². The van der Waals surface area contributed by atoms with E-state index in [1.54, 1.807) is 24.3 Å². The summed E-state index contributed by atoms with van der Waals surface area (Å²) in [6.07, 6.45) is 0. The van der Waals surface area contributed by atoms with Crippen molar-refractivity contribution < 1.29 is 92.7 Å². The lowest BCUT2D eigenvalue weighted by atomic mass is 10.3. The molecule has 0 amide bonds. The molecule has 1 aromatic rings. The summed E-state index contributed by atoms with van der Waals surface area (Å²) in [7, 11) is -23.3. The first kappa shape index (κ1) is 40.7. The average Bonchev–Trinajstić information content (AvgIpc) is 2.28. The molecule has 21 nitrogen and oxygen atoms in total. The van der Waals surface area contributed by atoms with E-state index >= 15 is 0 Å². The van der Waals surface area contributed by atoms with Crippen molar-refractivity contribution in [3.8, 4) is 5.75 Å². The minimum Gasteiger partial charge on any atom is -0.508 e. The van der Waals surface area contributed by atoms with Gasteiger partial charge in [0, 0.05) is 0 Å². The van der Waals surface area contributed by atoms with Crippen LogP contribution in [0.5, 0.6) is 5.75 Å². The van der Waals surface area contributed by atoms with E-state index in [0.29, 0.717) is 5.75 Å². The summed E-state index contributed by atoms with van der Waals surface area (Å²) >= 11 is 0. The van der Waals surface area contributed by atoms with Gasteiger partial charge in [0.25, 0.3) is 0 Å². The van der Waals surface area contributed by atoms with Gasteiger partial charge in [-0.1, -0.05) is 18.2 Å². The minimum absolute atomic E-state index is 0.322. The lowest BCUT2D eigenvalue weighted by Gasteiger charge is -1.82. The van der Waals surface area contributed by atoms with Crippen molar-refractivity contribution in [2.24, 2.45) is 0 Å². The van der Waals surface area contributed by atoms with E-state index in [-0.39, 0.29) is 0 Å². The van der Waals surface area contributed by atoms with Gasteiger partial charge in [-0.3, -0.25) is 45.5 Å². The maximum Gasteiger partial charge on any atom is 0.394 e. The summed E-state index contributed by atoms with van der Waals surface area (Å²) < 4.78 is 158. The second kappa shape index (κ2) is 17.9. The number of hydrogen-bond acceptors (Lipinski definition) is 11. The second-order valence-corrected chi connectivity index (χ2v) is 8.05. The highest BCUT2D eigenvalue weighted by Gasteiger charge is 1.86. The highest BCUT2D eigenvalue weighted by Crippen LogP contribution is 2.02. The van der Waals surface area contributed by atoms with Crippen LogP contribution in [0.2, 0.25) is 0 Å². The maximum atomic E-state index is 8.74. The minimum atomic E-state index is -4.67. The average molecular weight is 585 g/mol. The fraction of sp³-hybridized carbons (Fsp3) is 0. The van der Waals surface area contributed by atoms with Gasteiger partial charge in [0.15, 0.2) is 0 Å². The van der Waals surface area contributed by atoms with Crippen LogP contribution in [0.3, 0.4) is 0 Å². The molecular formula is C6H16O21S5. The molecule has 196 valence electrons. The molecule has 26 heteroatoms. The molecule has 0 spiro atoms. The molecule has 0 aromatic heterocycles. The van der Waals surface area contributed by atoms with Crippen molar-refractivity contribution in [3.63, 3.8) is 0 Å². The molecule has 0 fully saturated rings. The summed E-state index contributed by atoms with van der Waals surface area (Å²) in [5, 5.41) is 8.63. The third-order valence-electron chi connectivity index (χ3n) is 0.756. The van der Waals surface area contributed by atoms with Crippen molar-refractivity contribution in [1.82, 2.24) is 0 Å². The van der Waals surface area contributed by atoms with Gasteiger partial charge in [-0.2, -0.15) is 42.1 Å². The highest BCUT2D eigenvalue weighted by molar-refractivity contribution is 7.80. The Morgan fingerprint density at radius 3 is 0.562 bits per heavy atom. The van der Waals surface area contributed by atoms with Gasteiger partial charge in [0.1, 0.15) is 5.75 Å². The number of hydrogen-bond donors (Lipinski definition) is 11. The number of para-hydroxylation sites is 1. The molecule has 0 unspecified atom stereocenters. The van der Waals surface area contributed by atoms with Gasteiger partial charge in [-0.05, 0) is 12.1 Å². The van der Waals surface area contributed by atoms with Gasteiger partial charge in [0.2, 0.25) is 0 Å². The monoisotopic (exact) mass is 584 g/mol. The van der Waals surface area contributed by atoms with E-state index in [4.69, 9.17) is 92.7 Å². The molecule has 0 saturated heterocycles. The van der Waals surface area contributed by atoms with Crippen LogP contribution in [-0.2, 0) is 52.0 Å². The van der Waals surface area contributed by atoms with Crippen LogP contribution in [-0.4, -0.2) is 92.7 Å². The molecule has 0 atom stereocenters. The first-order chi connectivity index (χ1) is 13.4. The Kier molecular flexibility index (Phi) is 22.7. The van der Waals surface area contributed by atoms with Gasteiger partial charge < -0.3 is 5.11 Å². The summed E-state index contributed by atoms with van der Waals surface area (Å²) in [5.41, 5.74) is 0. The van der Waals surface area contributed by atoms with E-state index in [0.717, 1.165) is 0 Å². The molecule has 0 heterocycles. The zero-order chi connectivity index (χ0) is 27.6. The molecule has 0 bridgehead atoms. The van der Waals surface area contributed by atoms with E-state index in [9.17, 15) is 0 Å². The maximum absolute atomic E-state index is 8.74. The van der Waals surface area contributed by atoms with Crippen LogP contribution in [0.15, 0.2) is 30.3 Å². The van der Waals surface area contributed by atoms with Gasteiger partial charge in [-0.15, -0.1) is 0 Å². The van der Waals surface area contributed by atoms with Crippen LogP contribution in [0.1, 0.15) is 0 Å². The number of phenolic OH excluding ortho intramolecular Hbond substituents is 1. The topological polar surface area (TPSA) is 393 Å². The molecule has 0 aliphatic carbocycles. The fourth-order valence-electron chi connectivity index (χ4n) is 0.428. The van der Waals surface area contributed by atoms with Crippen molar-refractivity contribution >= 4 is 52.0 Å². The number of rotatable bonds is 0. The fourth-order valence-corrected chi connectivity index (χ4v) is 0.428. The van der Waals surface area contributed by atoms with E-state index in [2.05, 4.69) is 0 Å². The third-order valence-corrected chi connectivity index (χ3v) is 0.756. The Bertz CT molecular complexity index is 896. The predicted octanol–water partition coefficient (Wildman–Crippen LogP) is -1.87. The summed E-state index contributed by atoms with van der Waals surface area (Å²) in [4.78, 5) is 0. The molecule has 0 saturated carbocycles. The number of aromatic hydroxyl groups is 1. The summed E-state index contributed by atoms with van der Waals surface area (Å²) in [6, 6.07) is 8.71. The first-order valence-electron chi connectivity index (χ1n) is 5.63. The predicted molar refractivity (Wildman–Crippen MR) is 99.0 cm³/mol. The molecule has 32 heavy (non-hydrogen) atoms. The second-order valence-electron chi connectivity index (χ2n) is 3.57. The van der Waals surface area contributed by atoms with Gasteiger partial charge >= 0.3 is 52.0 Å². The quantitative estimate of drug-likeness (QED) is 0.149. The van der Waals surface area contributed by atoms with Gasteiger partial charge in [-0.25, -0.2) is 0 Å². The first-order valence-corrected chi connectivity index (χ1v) is 12.6. The molecule has 1 rings (SSSR count). The van der Waals surface area contributed by atoms with Crippen molar-refractivity contribution in [1.29, 1.82) is 0 Å².